The summed E-state index contributed by atoms with van der Waals surface area (Å²) < 4.78 is 0. The highest BCUT2D eigenvalue weighted by molar-refractivity contribution is 6.38. The Kier molecular flexibility index (Phi) is 4.50. The molecule has 0 aliphatic rings. The monoisotopic (exact) mass is 323 g/mol. The molecule has 6 heteroatoms. The van der Waals surface area contributed by atoms with Crippen LogP contribution < -0.4 is 5.32 Å². The van der Waals surface area contributed by atoms with Crippen LogP contribution in [-0.4, -0.2) is 17.0 Å². The van der Waals surface area contributed by atoms with Gasteiger partial charge in [-0.1, -0.05) is 40.9 Å². The Bertz CT molecular complexity index is 729. The van der Waals surface area contributed by atoms with E-state index in [1.807, 2.05) is 13.0 Å². The number of carboxylic acid groups (broad SMARTS) is 1. The van der Waals surface area contributed by atoms with Gasteiger partial charge in [-0.15, -0.1) is 0 Å². The average molecular weight is 324 g/mol. The summed E-state index contributed by atoms with van der Waals surface area (Å²) in [6.45, 7) is 1.87. The molecule has 0 spiro atoms. The van der Waals surface area contributed by atoms with E-state index in [-0.39, 0.29) is 27.2 Å². The van der Waals surface area contributed by atoms with Crippen LogP contribution in [0.3, 0.4) is 0 Å². The molecule has 2 aromatic rings. The molecule has 2 aromatic carbocycles. The molecule has 2 rings (SSSR count). The highest BCUT2D eigenvalue weighted by Crippen LogP contribution is 2.29. The first-order valence-electron chi connectivity index (χ1n) is 5.99. The van der Waals surface area contributed by atoms with Crippen molar-refractivity contribution in [2.24, 2.45) is 0 Å². The third kappa shape index (κ3) is 3.54. The van der Waals surface area contributed by atoms with Gasteiger partial charge in [-0.2, -0.15) is 0 Å². The van der Waals surface area contributed by atoms with E-state index in [4.69, 9.17) is 28.3 Å². The minimum Gasteiger partial charge on any atom is -0.478 e. The summed E-state index contributed by atoms with van der Waals surface area (Å²) in [5.74, 6) is -1.57. The summed E-state index contributed by atoms with van der Waals surface area (Å²) in [7, 11) is 0. The van der Waals surface area contributed by atoms with Crippen LogP contribution in [0.15, 0.2) is 36.4 Å². The molecule has 0 fully saturated rings. The van der Waals surface area contributed by atoms with Gasteiger partial charge in [0.15, 0.2) is 0 Å². The third-order valence-electron chi connectivity index (χ3n) is 2.82. The number of carbonyl (C=O) groups excluding carboxylic acids is 1. The van der Waals surface area contributed by atoms with E-state index >= 15 is 0 Å². The van der Waals surface area contributed by atoms with Gasteiger partial charge in [0.2, 0.25) is 0 Å². The van der Waals surface area contributed by atoms with E-state index < -0.39 is 5.97 Å². The Balaban J connectivity index is 2.33. The molecule has 0 heterocycles. The molecule has 2 N–H and O–H groups in total. The molecule has 0 unspecified atom stereocenters. The van der Waals surface area contributed by atoms with Gasteiger partial charge in [0, 0.05) is 5.56 Å². The summed E-state index contributed by atoms with van der Waals surface area (Å²) in [6, 6.07) is 9.53. The third-order valence-corrected chi connectivity index (χ3v) is 3.44. The number of anilines is 1. The molecule has 4 nitrogen and oxygen atoms in total. The van der Waals surface area contributed by atoms with Gasteiger partial charge in [0.1, 0.15) is 0 Å². The minimum absolute atomic E-state index is 0.0149. The number of aromatic carboxylic acids is 1. The normalized spacial score (nSPS) is 10.2. The summed E-state index contributed by atoms with van der Waals surface area (Å²) in [6.07, 6.45) is 0. The van der Waals surface area contributed by atoms with Crippen molar-refractivity contribution in [3.8, 4) is 0 Å². The van der Waals surface area contributed by atoms with E-state index in [2.05, 4.69) is 5.32 Å². The van der Waals surface area contributed by atoms with Crippen LogP contribution in [0.25, 0.3) is 0 Å². The molecule has 0 radical (unpaired) electrons. The van der Waals surface area contributed by atoms with Crippen molar-refractivity contribution in [3.05, 3.63) is 63.1 Å². The number of nitrogens with one attached hydrogen (secondary N) is 1. The van der Waals surface area contributed by atoms with Gasteiger partial charge < -0.3 is 10.4 Å². The molecule has 0 aliphatic carbocycles. The van der Waals surface area contributed by atoms with Crippen molar-refractivity contribution in [2.45, 2.75) is 6.92 Å². The fraction of sp³-hybridized carbons (Fsp3) is 0.0667. The number of carbonyl (C=O) groups is 2. The number of halogens is 2. The van der Waals surface area contributed by atoms with Gasteiger partial charge in [0.05, 0.1) is 21.3 Å². The topological polar surface area (TPSA) is 66.4 Å². The first-order valence-corrected chi connectivity index (χ1v) is 6.74. The Hall–Kier alpha value is -2.04. The highest BCUT2D eigenvalue weighted by Gasteiger charge is 2.15. The lowest BCUT2D eigenvalue weighted by atomic mass is 10.1. The summed E-state index contributed by atoms with van der Waals surface area (Å²) in [5.41, 5.74) is 1.47. The summed E-state index contributed by atoms with van der Waals surface area (Å²) in [4.78, 5) is 23.2. The fourth-order valence-electron chi connectivity index (χ4n) is 1.79. The molecule has 1 amide bonds. The standard InChI is InChI=1S/C15H11Cl2NO3/c1-8-3-2-4-9(5-8)14(19)18-13-6-10(15(20)21)11(16)7-12(13)17/h2-7H,1H3,(H,18,19)(H,20,21). The highest BCUT2D eigenvalue weighted by atomic mass is 35.5. The van der Waals surface area contributed by atoms with Crippen molar-refractivity contribution >= 4 is 40.8 Å². The van der Waals surface area contributed by atoms with Crippen LogP contribution in [0.5, 0.6) is 0 Å². The smallest absolute Gasteiger partial charge is 0.337 e. The molecule has 0 atom stereocenters. The maximum atomic E-state index is 12.1. The number of rotatable bonds is 3. The van der Waals surface area contributed by atoms with Gasteiger partial charge >= 0.3 is 5.97 Å². The molecule has 0 aliphatic heterocycles. The van der Waals surface area contributed by atoms with Crippen molar-refractivity contribution in [1.82, 2.24) is 0 Å². The van der Waals surface area contributed by atoms with Crippen molar-refractivity contribution in [2.75, 3.05) is 5.32 Å². The summed E-state index contributed by atoms with van der Waals surface area (Å²) >= 11 is 11.8. The van der Waals surface area contributed by atoms with E-state index in [0.29, 0.717) is 5.56 Å². The zero-order valence-electron chi connectivity index (χ0n) is 11.0. The average Bonchev–Trinajstić information content (AvgIpc) is 2.41. The Labute approximate surface area is 131 Å². The number of hydrogen-bond donors (Lipinski definition) is 2. The molecule has 0 saturated carbocycles. The second-order valence-electron chi connectivity index (χ2n) is 4.44. The van der Waals surface area contributed by atoms with E-state index in [9.17, 15) is 9.59 Å². The first kappa shape index (κ1) is 15.4. The van der Waals surface area contributed by atoms with Gasteiger partial charge in [0.25, 0.3) is 5.91 Å². The molecule has 0 bridgehead atoms. The second-order valence-corrected chi connectivity index (χ2v) is 5.26. The number of benzene rings is 2. The molecule has 21 heavy (non-hydrogen) atoms. The van der Waals surface area contributed by atoms with Gasteiger partial charge in [-0.25, -0.2) is 4.79 Å². The maximum absolute atomic E-state index is 12.1. The lowest BCUT2D eigenvalue weighted by molar-refractivity contribution is 0.0696. The number of hydrogen-bond acceptors (Lipinski definition) is 2. The Morgan fingerprint density at radius 1 is 1.10 bits per heavy atom. The van der Waals surface area contributed by atoms with Crippen LogP contribution in [0.4, 0.5) is 5.69 Å². The zero-order chi connectivity index (χ0) is 15.6. The minimum atomic E-state index is -1.19. The van der Waals surface area contributed by atoms with E-state index in [1.54, 1.807) is 18.2 Å². The van der Waals surface area contributed by atoms with Crippen LogP contribution in [-0.2, 0) is 0 Å². The quantitative estimate of drug-likeness (QED) is 0.887. The second kappa shape index (κ2) is 6.16. The first-order chi connectivity index (χ1) is 9.88. The van der Waals surface area contributed by atoms with Crippen LogP contribution >= 0.6 is 23.2 Å². The van der Waals surface area contributed by atoms with E-state index in [1.165, 1.54) is 12.1 Å². The van der Waals surface area contributed by atoms with E-state index in [0.717, 1.165) is 5.56 Å². The molecule has 0 saturated heterocycles. The number of amides is 1. The van der Waals surface area contributed by atoms with Crippen LogP contribution in [0.1, 0.15) is 26.3 Å². The number of aryl methyl sites for hydroxylation is 1. The molecular weight excluding hydrogens is 313 g/mol. The predicted molar refractivity (Wildman–Crippen MR) is 82.6 cm³/mol. The Morgan fingerprint density at radius 2 is 1.81 bits per heavy atom. The van der Waals surface area contributed by atoms with Crippen LogP contribution in [0.2, 0.25) is 10.0 Å². The largest absolute Gasteiger partial charge is 0.478 e. The van der Waals surface area contributed by atoms with Crippen molar-refractivity contribution in [3.63, 3.8) is 0 Å². The maximum Gasteiger partial charge on any atom is 0.337 e. The SMILES string of the molecule is Cc1cccc(C(=O)Nc2cc(C(=O)O)c(Cl)cc2Cl)c1. The lowest BCUT2D eigenvalue weighted by Crippen LogP contribution is -2.13. The predicted octanol–water partition coefficient (Wildman–Crippen LogP) is 4.25. The lowest BCUT2D eigenvalue weighted by Gasteiger charge is -2.10. The fourth-order valence-corrected chi connectivity index (χ4v) is 2.30. The van der Waals surface area contributed by atoms with Gasteiger partial charge in [-0.3, -0.25) is 4.79 Å². The zero-order valence-corrected chi connectivity index (χ0v) is 12.5. The van der Waals surface area contributed by atoms with Crippen molar-refractivity contribution in [1.29, 1.82) is 0 Å². The van der Waals surface area contributed by atoms with Crippen molar-refractivity contribution < 1.29 is 14.7 Å². The summed E-state index contributed by atoms with van der Waals surface area (Å²) in [5, 5.41) is 11.8. The number of carboxylic acids is 1. The molecule has 108 valence electrons. The molecular formula is C15H11Cl2NO3. The molecule has 0 aromatic heterocycles. The van der Waals surface area contributed by atoms with Gasteiger partial charge in [-0.05, 0) is 31.2 Å². The Morgan fingerprint density at radius 3 is 2.43 bits per heavy atom. The van der Waals surface area contributed by atoms with Crippen LogP contribution in [0, 0.1) is 6.92 Å².